The Balaban J connectivity index is 2.96. The molecule has 1 unspecified atom stereocenters. The molecule has 0 aliphatic carbocycles. The van der Waals surface area contributed by atoms with Gasteiger partial charge in [-0.15, -0.1) is 0 Å². The van der Waals surface area contributed by atoms with Crippen molar-refractivity contribution >= 4 is 0 Å². The maximum Gasteiger partial charge on any atom is 0.410 e. The van der Waals surface area contributed by atoms with Crippen molar-refractivity contribution in [2.75, 3.05) is 33.2 Å². The van der Waals surface area contributed by atoms with Gasteiger partial charge in [0.15, 0.2) is 6.04 Å². The second-order valence-electron chi connectivity index (χ2n) is 4.69. The van der Waals surface area contributed by atoms with Crippen LogP contribution in [-0.4, -0.2) is 61.2 Å². The summed E-state index contributed by atoms with van der Waals surface area (Å²) in [6.45, 7) is 4.55. The van der Waals surface area contributed by atoms with E-state index in [1.54, 1.807) is 7.05 Å². The molecule has 1 heterocycles. The Labute approximate surface area is 103 Å². The molecule has 0 aromatic carbocycles. The number of hydrogen-bond donors (Lipinski definition) is 0. The zero-order chi connectivity index (χ0) is 14.1. The van der Waals surface area contributed by atoms with Gasteiger partial charge in [0, 0.05) is 26.2 Å². The monoisotopic (exact) mass is 272 g/mol. The fourth-order valence-corrected chi connectivity index (χ4v) is 1.96. The molecular weight excluding hydrogens is 255 g/mol. The largest absolute Gasteiger partial charge is 0.410 e. The summed E-state index contributed by atoms with van der Waals surface area (Å²) in [6, 6.07) is -2.78. The van der Waals surface area contributed by atoms with Gasteiger partial charge in [-0.05, 0) is 19.5 Å². The number of halogens is 5. The fourth-order valence-electron chi connectivity index (χ4n) is 1.96. The maximum absolute atomic E-state index is 13.7. The standard InChI is InChI=1S/C11H17F5N2/c1-8(2)10(12,13)9(11(14,15)16)18-6-4-17(3)5-7-18/h9H,1,4-7H2,2-3H3. The molecule has 2 nitrogen and oxygen atoms in total. The Morgan fingerprint density at radius 1 is 1.06 bits per heavy atom. The molecule has 0 amide bonds. The number of likely N-dealkylation sites (N-methyl/N-ethyl adjacent to an activating group) is 1. The average Bonchev–Trinajstić information content (AvgIpc) is 2.18. The average molecular weight is 272 g/mol. The number of hydrogen-bond acceptors (Lipinski definition) is 2. The zero-order valence-electron chi connectivity index (χ0n) is 10.4. The quantitative estimate of drug-likeness (QED) is 0.575. The topological polar surface area (TPSA) is 6.48 Å². The van der Waals surface area contributed by atoms with Gasteiger partial charge >= 0.3 is 6.18 Å². The molecule has 1 rings (SSSR count). The predicted octanol–water partition coefficient (Wildman–Crippen LogP) is 2.38. The fraction of sp³-hybridized carbons (Fsp3) is 0.818. The summed E-state index contributed by atoms with van der Waals surface area (Å²) in [5.74, 6) is -3.96. The van der Waals surface area contributed by atoms with Crippen molar-refractivity contribution in [2.24, 2.45) is 0 Å². The molecule has 1 atom stereocenters. The van der Waals surface area contributed by atoms with Crippen LogP contribution >= 0.6 is 0 Å². The minimum Gasteiger partial charge on any atom is -0.304 e. The van der Waals surface area contributed by atoms with Crippen LogP contribution in [0.2, 0.25) is 0 Å². The van der Waals surface area contributed by atoms with Crippen LogP contribution in [0.25, 0.3) is 0 Å². The minimum absolute atomic E-state index is 0.0243. The van der Waals surface area contributed by atoms with E-state index < -0.39 is 23.7 Å². The van der Waals surface area contributed by atoms with Crippen LogP contribution in [0.1, 0.15) is 6.92 Å². The van der Waals surface area contributed by atoms with Crippen molar-refractivity contribution < 1.29 is 22.0 Å². The summed E-state index contributed by atoms with van der Waals surface area (Å²) in [4.78, 5) is 2.61. The molecule has 1 aliphatic heterocycles. The van der Waals surface area contributed by atoms with Gasteiger partial charge in [-0.2, -0.15) is 22.0 Å². The molecule has 18 heavy (non-hydrogen) atoms. The van der Waals surface area contributed by atoms with Crippen LogP contribution < -0.4 is 0 Å². The molecule has 0 aromatic rings. The first kappa shape index (κ1) is 15.4. The second-order valence-corrected chi connectivity index (χ2v) is 4.69. The molecule has 0 bridgehead atoms. The van der Waals surface area contributed by atoms with Gasteiger partial charge < -0.3 is 4.90 Å². The van der Waals surface area contributed by atoms with Crippen molar-refractivity contribution in [3.63, 3.8) is 0 Å². The van der Waals surface area contributed by atoms with E-state index in [-0.39, 0.29) is 13.1 Å². The lowest BCUT2D eigenvalue weighted by atomic mass is 10.0. The summed E-state index contributed by atoms with van der Waals surface area (Å²) in [6.07, 6.45) is -4.97. The van der Waals surface area contributed by atoms with Gasteiger partial charge in [0.05, 0.1) is 0 Å². The van der Waals surface area contributed by atoms with Crippen LogP contribution in [0.4, 0.5) is 22.0 Å². The highest BCUT2D eigenvalue weighted by atomic mass is 19.4. The molecular formula is C11H17F5N2. The van der Waals surface area contributed by atoms with Crippen LogP contribution in [-0.2, 0) is 0 Å². The third kappa shape index (κ3) is 3.20. The smallest absolute Gasteiger partial charge is 0.304 e. The van der Waals surface area contributed by atoms with E-state index in [0.29, 0.717) is 13.1 Å². The SMILES string of the molecule is C=C(C)C(F)(F)C(N1CCN(C)CC1)C(F)(F)F. The predicted molar refractivity (Wildman–Crippen MR) is 58.7 cm³/mol. The van der Waals surface area contributed by atoms with E-state index in [9.17, 15) is 22.0 Å². The van der Waals surface area contributed by atoms with Crippen LogP contribution in [0.5, 0.6) is 0 Å². The van der Waals surface area contributed by atoms with Crippen molar-refractivity contribution in [1.82, 2.24) is 9.80 Å². The van der Waals surface area contributed by atoms with Gasteiger partial charge in [-0.1, -0.05) is 6.58 Å². The van der Waals surface area contributed by atoms with Gasteiger partial charge in [0.2, 0.25) is 0 Å². The highest BCUT2D eigenvalue weighted by Crippen LogP contribution is 2.40. The number of piperazine rings is 1. The third-order valence-corrected chi connectivity index (χ3v) is 3.13. The van der Waals surface area contributed by atoms with E-state index in [1.165, 1.54) is 0 Å². The summed E-state index contributed by atoms with van der Waals surface area (Å²) in [5.41, 5.74) is -0.760. The Morgan fingerprint density at radius 2 is 1.50 bits per heavy atom. The van der Waals surface area contributed by atoms with Crippen LogP contribution in [0.15, 0.2) is 12.2 Å². The van der Waals surface area contributed by atoms with E-state index in [0.717, 1.165) is 11.8 Å². The van der Waals surface area contributed by atoms with E-state index in [1.807, 2.05) is 4.90 Å². The third-order valence-electron chi connectivity index (χ3n) is 3.13. The van der Waals surface area contributed by atoms with E-state index in [4.69, 9.17) is 0 Å². The first-order chi connectivity index (χ1) is 8.06. The summed E-state index contributed by atoms with van der Waals surface area (Å²) in [7, 11) is 1.75. The van der Waals surface area contributed by atoms with Crippen molar-refractivity contribution in [1.29, 1.82) is 0 Å². The highest BCUT2D eigenvalue weighted by Gasteiger charge is 2.59. The second kappa shape index (κ2) is 5.13. The Kier molecular flexibility index (Phi) is 4.38. The minimum atomic E-state index is -4.97. The molecule has 1 aliphatic rings. The summed E-state index contributed by atoms with van der Waals surface area (Å²) < 4.78 is 66.1. The molecule has 106 valence electrons. The Morgan fingerprint density at radius 3 is 1.83 bits per heavy atom. The van der Waals surface area contributed by atoms with E-state index in [2.05, 4.69) is 6.58 Å². The first-order valence-corrected chi connectivity index (χ1v) is 5.60. The van der Waals surface area contributed by atoms with Gasteiger partial charge in [-0.3, -0.25) is 4.90 Å². The van der Waals surface area contributed by atoms with Crippen molar-refractivity contribution in [3.8, 4) is 0 Å². The molecule has 0 aromatic heterocycles. The Bertz CT molecular complexity index is 305. The Hall–Kier alpha value is -0.690. The lowest BCUT2D eigenvalue weighted by Gasteiger charge is -2.41. The molecule has 7 heteroatoms. The van der Waals surface area contributed by atoms with Crippen LogP contribution in [0.3, 0.4) is 0 Å². The van der Waals surface area contributed by atoms with Gasteiger partial charge in [0.1, 0.15) is 0 Å². The van der Waals surface area contributed by atoms with Crippen molar-refractivity contribution in [3.05, 3.63) is 12.2 Å². The molecule has 0 spiro atoms. The molecule has 1 fully saturated rings. The van der Waals surface area contributed by atoms with Crippen molar-refractivity contribution in [2.45, 2.75) is 25.1 Å². The first-order valence-electron chi connectivity index (χ1n) is 5.60. The maximum atomic E-state index is 13.7. The summed E-state index contributed by atoms with van der Waals surface area (Å²) in [5, 5.41) is 0. The lowest BCUT2D eigenvalue weighted by molar-refractivity contribution is -0.239. The zero-order valence-corrected chi connectivity index (χ0v) is 10.4. The molecule has 0 radical (unpaired) electrons. The lowest BCUT2D eigenvalue weighted by Crippen LogP contribution is -2.61. The van der Waals surface area contributed by atoms with Gasteiger partial charge in [0.25, 0.3) is 5.92 Å². The highest BCUT2D eigenvalue weighted by molar-refractivity contribution is 5.12. The van der Waals surface area contributed by atoms with Gasteiger partial charge in [-0.25, -0.2) is 0 Å². The van der Waals surface area contributed by atoms with E-state index >= 15 is 0 Å². The van der Waals surface area contributed by atoms with Crippen LogP contribution in [0, 0.1) is 0 Å². The molecule has 0 saturated carbocycles. The molecule has 1 saturated heterocycles. The molecule has 0 N–H and O–H groups in total. The number of nitrogens with zero attached hydrogens (tertiary/aromatic N) is 2. The normalized spacial score (nSPS) is 21.9. The number of rotatable bonds is 3. The number of alkyl halides is 5. The summed E-state index contributed by atoms with van der Waals surface area (Å²) >= 11 is 0.